The van der Waals surface area contributed by atoms with Crippen molar-refractivity contribution in [3.05, 3.63) is 59.2 Å². The first kappa shape index (κ1) is 23.8. The van der Waals surface area contributed by atoms with E-state index in [1.54, 1.807) is 0 Å². The number of morpholine rings is 1. The van der Waals surface area contributed by atoms with Crippen molar-refractivity contribution < 1.29 is 13.5 Å². The van der Waals surface area contributed by atoms with Crippen LogP contribution in [0.15, 0.2) is 30.6 Å². The molecular weight excluding hydrogens is 476 g/mol. The van der Waals surface area contributed by atoms with Crippen LogP contribution in [0.1, 0.15) is 61.2 Å². The van der Waals surface area contributed by atoms with E-state index in [2.05, 4.69) is 20.1 Å². The summed E-state index contributed by atoms with van der Waals surface area (Å²) in [7, 11) is 0. The fraction of sp³-hybridized carbons (Fsp3) is 0.444. The van der Waals surface area contributed by atoms with Crippen molar-refractivity contribution in [2.24, 2.45) is 0 Å². The molecule has 8 nitrogen and oxygen atoms in total. The number of fused-ring (bicyclic) bond motifs is 1. The SMILES string of the molecule is C1CC1.Cc1nc2nc(N3CCOC(c4cnn(C5CC5)c4)C3)nc(-c3ccc(F)cc3F)c2nc1C. The Morgan fingerprint density at radius 2 is 1.76 bits per heavy atom. The molecule has 37 heavy (non-hydrogen) atoms. The second kappa shape index (κ2) is 9.74. The molecule has 1 aliphatic heterocycles. The summed E-state index contributed by atoms with van der Waals surface area (Å²) in [6, 6.07) is 3.93. The minimum absolute atomic E-state index is 0.156. The number of benzene rings is 1. The van der Waals surface area contributed by atoms with Crippen LogP contribution in [0.2, 0.25) is 0 Å². The average molecular weight is 506 g/mol. The van der Waals surface area contributed by atoms with Crippen LogP contribution < -0.4 is 4.90 Å². The number of hydrogen-bond acceptors (Lipinski definition) is 7. The van der Waals surface area contributed by atoms with Crippen molar-refractivity contribution >= 4 is 17.1 Å². The highest BCUT2D eigenvalue weighted by atomic mass is 19.1. The molecule has 4 heterocycles. The molecule has 0 radical (unpaired) electrons. The Morgan fingerprint density at radius 1 is 0.973 bits per heavy atom. The van der Waals surface area contributed by atoms with Gasteiger partial charge in [0.25, 0.3) is 0 Å². The van der Waals surface area contributed by atoms with Gasteiger partial charge in [-0.25, -0.2) is 23.7 Å². The van der Waals surface area contributed by atoms with Crippen LogP contribution in [0, 0.1) is 25.5 Å². The second-order valence-electron chi connectivity index (χ2n) is 9.91. The van der Waals surface area contributed by atoms with Crippen LogP contribution in [0.3, 0.4) is 0 Å². The molecule has 3 aliphatic rings. The Bertz CT molecular complexity index is 1450. The quantitative estimate of drug-likeness (QED) is 0.374. The summed E-state index contributed by atoms with van der Waals surface area (Å²) in [4.78, 5) is 20.6. The van der Waals surface area contributed by atoms with Crippen LogP contribution in [0.25, 0.3) is 22.4 Å². The summed E-state index contributed by atoms with van der Waals surface area (Å²) in [5.41, 5.74) is 3.64. The van der Waals surface area contributed by atoms with Gasteiger partial charge < -0.3 is 9.64 Å². The number of halogens is 2. The summed E-state index contributed by atoms with van der Waals surface area (Å²) in [6.45, 7) is 5.26. The highest BCUT2D eigenvalue weighted by Gasteiger charge is 2.29. The first-order valence-corrected chi connectivity index (χ1v) is 12.9. The molecule has 0 bridgehead atoms. The maximum atomic E-state index is 14.8. The Labute approximate surface area is 213 Å². The molecular formula is C27H29F2N7O. The van der Waals surface area contributed by atoms with Gasteiger partial charge >= 0.3 is 0 Å². The van der Waals surface area contributed by atoms with Gasteiger partial charge in [-0.05, 0) is 38.8 Å². The molecule has 4 aromatic rings. The molecule has 1 saturated heterocycles. The van der Waals surface area contributed by atoms with E-state index in [0.717, 1.165) is 30.2 Å². The smallest absolute Gasteiger partial charge is 0.228 e. The maximum Gasteiger partial charge on any atom is 0.228 e. The average Bonchev–Trinajstić information content (AvgIpc) is 3.83. The van der Waals surface area contributed by atoms with Crippen LogP contribution in [0.4, 0.5) is 14.7 Å². The zero-order valence-corrected chi connectivity index (χ0v) is 21.0. The van der Waals surface area contributed by atoms with E-state index in [9.17, 15) is 8.78 Å². The van der Waals surface area contributed by atoms with Crippen molar-refractivity contribution in [1.29, 1.82) is 0 Å². The lowest BCUT2D eigenvalue weighted by Crippen LogP contribution is -2.39. The first-order valence-electron chi connectivity index (χ1n) is 12.9. The van der Waals surface area contributed by atoms with Gasteiger partial charge in [0, 0.05) is 29.9 Å². The molecule has 2 saturated carbocycles. The van der Waals surface area contributed by atoms with Gasteiger partial charge in [0.1, 0.15) is 28.9 Å². The molecule has 7 rings (SSSR count). The summed E-state index contributed by atoms with van der Waals surface area (Å²) >= 11 is 0. The molecule has 1 unspecified atom stereocenters. The number of aromatic nitrogens is 6. The number of hydrogen-bond donors (Lipinski definition) is 0. The Balaban J connectivity index is 0.000000785. The zero-order chi connectivity index (χ0) is 25.5. The number of rotatable bonds is 4. The number of aryl methyl sites for hydroxylation is 2. The van der Waals surface area contributed by atoms with Gasteiger partial charge in [-0.1, -0.05) is 19.3 Å². The van der Waals surface area contributed by atoms with Crippen LogP contribution >= 0.6 is 0 Å². The number of ether oxygens (including phenoxy) is 1. The lowest BCUT2D eigenvalue weighted by molar-refractivity contribution is 0.0392. The van der Waals surface area contributed by atoms with Crippen molar-refractivity contribution in [1.82, 2.24) is 29.7 Å². The predicted molar refractivity (Wildman–Crippen MR) is 135 cm³/mol. The highest BCUT2D eigenvalue weighted by molar-refractivity contribution is 5.88. The lowest BCUT2D eigenvalue weighted by Gasteiger charge is -2.32. The van der Waals surface area contributed by atoms with Gasteiger partial charge in [-0.2, -0.15) is 10.1 Å². The van der Waals surface area contributed by atoms with E-state index >= 15 is 0 Å². The van der Waals surface area contributed by atoms with Crippen LogP contribution in [-0.2, 0) is 4.74 Å². The summed E-state index contributed by atoms with van der Waals surface area (Å²) < 4.78 is 36.4. The topological polar surface area (TPSA) is 81.9 Å². The normalized spacial score (nSPS) is 19.0. The fourth-order valence-corrected chi connectivity index (χ4v) is 4.20. The standard InChI is InChI=1S/C24H23F2N7O.C3H6/c1-13-14(2)29-23-22(28-13)21(18-6-3-16(25)9-19(18)26)30-24(31-23)32-7-8-34-20(12-32)15-10-27-33(11-15)17-4-5-17;1-2-3-1/h3,6,9-11,17,20H,4-5,7-8,12H2,1-2H3;1-3H2. The van der Waals surface area contributed by atoms with E-state index in [4.69, 9.17) is 9.72 Å². The molecule has 3 aromatic heterocycles. The molecule has 0 amide bonds. The Kier molecular flexibility index (Phi) is 6.27. The van der Waals surface area contributed by atoms with Gasteiger partial charge in [0.15, 0.2) is 5.65 Å². The molecule has 0 N–H and O–H groups in total. The van der Waals surface area contributed by atoms with Gasteiger partial charge in [0.05, 0.1) is 36.8 Å². The third-order valence-corrected chi connectivity index (χ3v) is 6.73. The van der Waals surface area contributed by atoms with Crippen molar-refractivity contribution in [2.75, 3.05) is 24.6 Å². The Hall–Kier alpha value is -3.53. The molecule has 10 heteroatoms. The lowest BCUT2D eigenvalue weighted by atomic mass is 10.1. The first-order chi connectivity index (χ1) is 18.0. The second-order valence-corrected chi connectivity index (χ2v) is 9.91. The minimum atomic E-state index is -0.710. The van der Waals surface area contributed by atoms with E-state index in [1.165, 1.54) is 31.4 Å². The maximum absolute atomic E-state index is 14.8. The summed E-state index contributed by atoms with van der Waals surface area (Å²) in [5, 5.41) is 4.48. The molecule has 0 spiro atoms. The molecule has 2 aliphatic carbocycles. The molecule has 3 fully saturated rings. The molecule has 1 aromatic carbocycles. The molecule has 192 valence electrons. The fourth-order valence-electron chi connectivity index (χ4n) is 4.20. The molecule has 1 atom stereocenters. The van der Waals surface area contributed by atoms with Crippen LogP contribution in [0.5, 0.6) is 0 Å². The Morgan fingerprint density at radius 3 is 2.49 bits per heavy atom. The highest BCUT2D eigenvalue weighted by Crippen LogP contribution is 2.36. The van der Waals surface area contributed by atoms with Crippen molar-refractivity contribution in [3.63, 3.8) is 0 Å². The monoisotopic (exact) mass is 505 g/mol. The number of anilines is 1. The minimum Gasteiger partial charge on any atom is -0.370 e. The van der Waals surface area contributed by atoms with Crippen molar-refractivity contribution in [2.45, 2.75) is 58.1 Å². The van der Waals surface area contributed by atoms with E-state index < -0.39 is 11.6 Å². The number of nitrogens with zero attached hydrogens (tertiary/aromatic N) is 7. The largest absolute Gasteiger partial charge is 0.370 e. The van der Waals surface area contributed by atoms with E-state index in [-0.39, 0.29) is 17.4 Å². The van der Waals surface area contributed by atoms with Crippen LogP contribution in [-0.4, -0.2) is 49.4 Å². The van der Waals surface area contributed by atoms with E-state index in [0.29, 0.717) is 48.5 Å². The third kappa shape index (κ3) is 5.16. The van der Waals surface area contributed by atoms with E-state index in [1.807, 2.05) is 35.8 Å². The zero-order valence-electron chi connectivity index (χ0n) is 21.0. The van der Waals surface area contributed by atoms with Gasteiger partial charge in [0.2, 0.25) is 5.95 Å². The van der Waals surface area contributed by atoms with Crippen molar-refractivity contribution in [3.8, 4) is 11.3 Å². The van der Waals surface area contributed by atoms with Gasteiger partial charge in [-0.15, -0.1) is 0 Å². The van der Waals surface area contributed by atoms with Gasteiger partial charge in [-0.3, -0.25) is 4.68 Å². The summed E-state index contributed by atoms with van der Waals surface area (Å²) in [5.74, 6) is -0.953. The third-order valence-electron chi connectivity index (χ3n) is 6.73. The summed E-state index contributed by atoms with van der Waals surface area (Å²) in [6.07, 6.45) is 10.5. The predicted octanol–water partition coefficient (Wildman–Crippen LogP) is 5.26.